The number of carbonyl (C=O) groups excluding carboxylic acids is 1. The first kappa shape index (κ1) is 12.6. The van der Waals surface area contributed by atoms with Crippen molar-refractivity contribution >= 4 is 31.9 Å². The summed E-state index contributed by atoms with van der Waals surface area (Å²) >= 11 is 3.15. The zero-order valence-corrected chi connectivity index (χ0v) is 11.8. The van der Waals surface area contributed by atoms with E-state index in [4.69, 9.17) is 4.42 Å². The van der Waals surface area contributed by atoms with Crippen LogP contribution >= 0.6 is 15.9 Å². The molecule has 2 rings (SSSR count). The lowest BCUT2D eigenvalue weighted by atomic mass is 10.2. The number of rotatable bonds is 1. The second kappa shape index (κ2) is 4.13. The summed E-state index contributed by atoms with van der Waals surface area (Å²) in [7, 11) is -3.48. The fourth-order valence-corrected chi connectivity index (χ4v) is 3.91. The normalized spacial score (nSPS) is 23.0. The Morgan fingerprint density at radius 1 is 1.59 bits per heavy atom. The van der Waals surface area contributed by atoms with Gasteiger partial charge in [-0.2, -0.15) is 0 Å². The van der Waals surface area contributed by atoms with Gasteiger partial charge >= 0.3 is 5.91 Å². The molecular weight excluding hydrogens is 310 g/mol. The van der Waals surface area contributed by atoms with Crippen molar-refractivity contribution in [1.29, 1.82) is 0 Å². The predicted molar refractivity (Wildman–Crippen MR) is 65.1 cm³/mol. The molecule has 0 saturated carbocycles. The van der Waals surface area contributed by atoms with E-state index in [0.29, 0.717) is 4.67 Å². The van der Waals surface area contributed by atoms with Gasteiger partial charge in [0.25, 0.3) is 0 Å². The largest absolute Gasteiger partial charge is 0.444 e. The quantitative estimate of drug-likeness (QED) is 0.790. The summed E-state index contributed by atoms with van der Waals surface area (Å²) in [5.41, 5.74) is 0.762. The number of hydrogen-bond donors (Lipinski definition) is 0. The summed E-state index contributed by atoms with van der Waals surface area (Å²) in [6.45, 7) is 3.79. The molecule has 1 amide bonds. The highest BCUT2D eigenvalue weighted by Crippen LogP contribution is 2.25. The third kappa shape index (κ3) is 2.26. The first-order valence-electron chi connectivity index (χ1n) is 5.12. The molecule has 7 heteroatoms. The molecule has 0 aromatic carbocycles. The van der Waals surface area contributed by atoms with Crippen molar-refractivity contribution in [3.05, 3.63) is 22.1 Å². The highest BCUT2D eigenvalue weighted by Gasteiger charge is 2.38. The van der Waals surface area contributed by atoms with Crippen molar-refractivity contribution < 1.29 is 17.6 Å². The van der Waals surface area contributed by atoms with Gasteiger partial charge in [-0.25, -0.2) is 12.7 Å². The van der Waals surface area contributed by atoms with E-state index >= 15 is 0 Å². The first-order valence-corrected chi connectivity index (χ1v) is 7.52. The minimum absolute atomic E-state index is 0.0135. The molecule has 0 bridgehead atoms. The van der Waals surface area contributed by atoms with Crippen molar-refractivity contribution in [2.75, 3.05) is 12.3 Å². The van der Waals surface area contributed by atoms with Gasteiger partial charge < -0.3 is 4.42 Å². The number of aryl methyl sites for hydroxylation is 1. The van der Waals surface area contributed by atoms with Crippen LogP contribution < -0.4 is 0 Å². The molecule has 0 N–H and O–H groups in total. The molecule has 0 aliphatic carbocycles. The molecule has 94 valence electrons. The average Bonchev–Trinajstić information content (AvgIpc) is 2.66. The van der Waals surface area contributed by atoms with Crippen molar-refractivity contribution in [2.24, 2.45) is 5.92 Å². The monoisotopic (exact) mass is 321 g/mol. The van der Waals surface area contributed by atoms with Crippen LogP contribution in [0.25, 0.3) is 0 Å². The third-order valence-electron chi connectivity index (χ3n) is 2.60. The summed E-state index contributed by atoms with van der Waals surface area (Å²) in [4.78, 5) is 12.0. The van der Waals surface area contributed by atoms with Crippen molar-refractivity contribution in [2.45, 2.75) is 13.8 Å². The zero-order valence-electron chi connectivity index (χ0n) is 9.44. The van der Waals surface area contributed by atoms with Crippen LogP contribution in [0.3, 0.4) is 0 Å². The molecule has 0 spiro atoms. The minimum atomic E-state index is -3.48. The number of sulfonamides is 1. The van der Waals surface area contributed by atoms with Crippen molar-refractivity contribution in [1.82, 2.24) is 4.31 Å². The summed E-state index contributed by atoms with van der Waals surface area (Å²) in [6.07, 6.45) is 0. The van der Waals surface area contributed by atoms with E-state index in [-0.39, 0.29) is 24.0 Å². The molecule has 1 saturated heterocycles. The van der Waals surface area contributed by atoms with Gasteiger partial charge in [0.05, 0.1) is 5.75 Å². The number of carbonyl (C=O) groups is 1. The number of furan rings is 1. The van der Waals surface area contributed by atoms with Crippen LogP contribution in [0.15, 0.2) is 15.2 Å². The maximum absolute atomic E-state index is 12.0. The summed E-state index contributed by atoms with van der Waals surface area (Å²) in [5.74, 6) is -0.571. The van der Waals surface area contributed by atoms with Crippen LogP contribution in [-0.4, -0.2) is 30.9 Å². The summed E-state index contributed by atoms with van der Waals surface area (Å²) in [6, 6.07) is 1.53. The van der Waals surface area contributed by atoms with Crippen LogP contribution in [0.1, 0.15) is 23.0 Å². The van der Waals surface area contributed by atoms with Gasteiger partial charge in [0.1, 0.15) is 0 Å². The van der Waals surface area contributed by atoms with E-state index in [1.165, 1.54) is 6.07 Å². The van der Waals surface area contributed by atoms with E-state index in [1.807, 2.05) is 0 Å². The van der Waals surface area contributed by atoms with Crippen molar-refractivity contribution in [3.8, 4) is 0 Å². The Labute approximate surface area is 108 Å². The molecule has 1 aromatic heterocycles. The van der Waals surface area contributed by atoms with Gasteiger partial charge in [-0.1, -0.05) is 6.92 Å². The predicted octanol–water partition coefficient (Wildman–Crippen LogP) is 1.77. The maximum atomic E-state index is 12.0. The smallest absolute Gasteiger partial charge is 0.303 e. The standard InChI is InChI=1S/C10H12BrNO4S/c1-6-4-12(17(14,15)5-6)10(13)8-3-7(2)9(11)16-8/h3,6H,4-5H2,1-2H3. The Morgan fingerprint density at radius 3 is 2.65 bits per heavy atom. The fraction of sp³-hybridized carbons (Fsp3) is 0.500. The van der Waals surface area contributed by atoms with Crippen LogP contribution in [0, 0.1) is 12.8 Å². The average molecular weight is 322 g/mol. The topological polar surface area (TPSA) is 67.6 Å². The zero-order chi connectivity index (χ0) is 12.8. The lowest BCUT2D eigenvalue weighted by Crippen LogP contribution is -2.32. The van der Waals surface area contributed by atoms with E-state index in [9.17, 15) is 13.2 Å². The SMILES string of the molecule is Cc1cc(C(=O)N2CC(C)CS2(=O)=O)oc1Br. The minimum Gasteiger partial charge on any atom is -0.444 e. The number of amides is 1. The molecule has 1 unspecified atom stereocenters. The summed E-state index contributed by atoms with van der Waals surface area (Å²) < 4.78 is 30.0. The summed E-state index contributed by atoms with van der Waals surface area (Å²) in [5, 5.41) is 0. The Bertz CT molecular complexity index is 543. The second-order valence-electron chi connectivity index (χ2n) is 4.29. The molecule has 1 fully saturated rings. The van der Waals surface area contributed by atoms with Gasteiger partial charge in [0.15, 0.2) is 10.4 Å². The van der Waals surface area contributed by atoms with Gasteiger partial charge in [-0.3, -0.25) is 4.79 Å². The highest BCUT2D eigenvalue weighted by atomic mass is 79.9. The van der Waals surface area contributed by atoms with E-state index in [1.54, 1.807) is 13.8 Å². The molecule has 1 aliphatic rings. The first-order chi connectivity index (χ1) is 7.81. The van der Waals surface area contributed by atoms with Gasteiger partial charge in [-0.15, -0.1) is 0 Å². The van der Waals surface area contributed by atoms with Crippen LogP contribution in [0.2, 0.25) is 0 Å². The van der Waals surface area contributed by atoms with Crippen LogP contribution in [0.4, 0.5) is 0 Å². The Kier molecular flexibility index (Phi) is 3.07. The van der Waals surface area contributed by atoms with E-state index in [2.05, 4.69) is 15.9 Å². The molecular formula is C10H12BrNO4S. The number of hydrogen-bond acceptors (Lipinski definition) is 4. The Balaban J connectivity index is 2.33. The molecule has 1 aromatic rings. The number of halogens is 1. The number of nitrogens with zero attached hydrogens (tertiary/aromatic N) is 1. The van der Waals surface area contributed by atoms with Gasteiger partial charge in [0, 0.05) is 12.1 Å². The second-order valence-corrected chi connectivity index (χ2v) is 6.95. The van der Waals surface area contributed by atoms with Crippen molar-refractivity contribution in [3.63, 3.8) is 0 Å². The van der Waals surface area contributed by atoms with E-state index < -0.39 is 15.9 Å². The van der Waals surface area contributed by atoms with Crippen LogP contribution in [-0.2, 0) is 10.0 Å². The lowest BCUT2D eigenvalue weighted by molar-refractivity contribution is 0.0832. The Hall–Kier alpha value is -0.820. The lowest BCUT2D eigenvalue weighted by Gasteiger charge is -2.12. The molecule has 0 radical (unpaired) electrons. The van der Waals surface area contributed by atoms with E-state index in [0.717, 1.165) is 9.87 Å². The van der Waals surface area contributed by atoms with Gasteiger partial charge in [-0.05, 0) is 34.8 Å². The van der Waals surface area contributed by atoms with Crippen LogP contribution in [0.5, 0.6) is 0 Å². The Morgan fingerprint density at radius 2 is 2.24 bits per heavy atom. The fourth-order valence-electron chi connectivity index (χ4n) is 1.80. The maximum Gasteiger partial charge on any atom is 0.303 e. The molecule has 1 aliphatic heterocycles. The molecule has 2 heterocycles. The molecule has 5 nitrogen and oxygen atoms in total. The molecule has 17 heavy (non-hydrogen) atoms. The van der Waals surface area contributed by atoms with Gasteiger partial charge in [0.2, 0.25) is 10.0 Å². The molecule has 1 atom stereocenters. The highest BCUT2D eigenvalue weighted by molar-refractivity contribution is 9.10. The third-order valence-corrected chi connectivity index (χ3v) is 5.37.